The second-order valence-electron chi connectivity index (χ2n) is 4.50. The third-order valence-corrected chi connectivity index (χ3v) is 3.02. The number of carbonyl (C=O) groups excluding carboxylic acids is 2. The van der Waals surface area contributed by atoms with Crippen LogP contribution < -0.4 is 5.32 Å². The third kappa shape index (κ3) is 7.43. The Bertz CT molecular complexity index is 318. The molecule has 0 spiro atoms. The zero-order valence-corrected chi connectivity index (χ0v) is 11.9. The first kappa shape index (κ1) is 17.4. The van der Waals surface area contributed by atoms with Crippen molar-refractivity contribution in [2.24, 2.45) is 0 Å². The maximum atomic E-state index is 11.8. The number of hydrogen-bond donors (Lipinski definition) is 2. The largest absolute Gasteiger partial charge is 0.481 e. The van der Waals surface area contributed by atoms with Crippen LogP contribution in [0.4, 0.5) is 4.79 Å². The lowest BCUT2D eigenvalue weighted by Gasteiger charge is -2.26. The zero-order valence-electron chi connectivity index (χ0n) is 11.9. The summed E-state index contributed by atoms with van der Waals surface area (Å²) in [5.41, 5.74) is 0. The maximum absolute atomic E-state index is 11.8. The summed E-state index contributed by atoms with van der Waals surface area (Å²) in [5.74, 6) is -1.22. The summed E-state index contributed by atoms with van der Waals surface area (Å²) in [6.07, 6.45) is 1.97. The van der Waals surface area contributed by atoms with E-state index in [0.29, 0.717) is 19.4 Å². The number of carbonyl (C=O) groups is 3. The molecule has 0 aromatic rings. The van der Waals surface area contributed by atoms with Gasteiger partial charge in [0.25, 0.3) is 0 Å². The van der Waals surface area contributed by atoms with Crippen molar-refractivity contribution in [3.63, 3.8) is 0 Å². The summed E-state index contributed by atoms with van der Waals surface area (Å²) < 4.78 is 0. The van der Waals surface area contributed by atoms with E-state index in [1.54, 1.807) is 4.90 Å². The van der Waals surface area contributed by atoms with Crippen molar-refractivity contribution in [2.75, 3.05) is 6.54 Å². The molecule has 3 amide bonds. The van der Waals surface area contributed by atoms with Gasteiger partial charge in [-0.05, 0) is 33.1 Å². The molecule has 1 unspecified atom stereocenters. The number of carboxylic acid groups (broad SMARTS) is 1. The van der Waals surface area contributed by atoms with Crippen molar-refractivity contribution in [1.29, 1.82) is 0 Å². The van der Waals surface area contributed by atoms with Crippen molar-refractivity contribution in [2.45, 2.75) is 58.9 Å². The lowest BCUT2D eigenvalue weighted by Crippen LogP contribution is -2.46. The molecule has 0 heterocycles. The van der Waals surface area contributed by atoms with Crippen LogP contribution in [-0.4, -0.2) is 40.5 Å². The Balaban J connectivity index is 4.03. The fourth-order valence-electron chi connectivity index (χ4n) is 1.69. The summed E-state index contributed by atoms with van der Waals surface area (Å²) in [4.78, 5) is 35.3. The molecule has 0 aromatic carbocycles. The molecular weight excluding hydrogens is 248 g/mol. The first-order valence-electron chi connectivity index (χ1n) is 6.74. The quantitative estimate of drug-likeness (QED) is 0.661. The second-order valence-corrected chi connectivity index (χ2v) is 4.50. The van der Waals surface area contributed by atoms with Gasteiger partial charge in [-0.1, -0.05) is 6.92 Å². The van der Waals surface area contributed by atoms with Gasteiger partial charge in [-0.25, -0.2) is 4.79 Å². The monoisotopic (exact) mass is 272 g/mol. The van der Waals surface area contributed by atoms with Crippen LogP contribution in [0.25, 0.3) is 0 Å². The number of amides is 3. The van der Waals surface area contributed by atoms with Crippen molar-refractivity contribution >= 4 is 17.9 Å². The molecule has 0 saturated heterocycles. The number of aliphatic carboxylic acids is 1. The molecule has 19 heavy (non-hydrogen) atoms. The average molecular weight is 272 g/mol. The van der Waals surface area contributed by atoms with Gasteiger partial charge in [0.15, 0.2) is 0 Å². The minimum absolute atomic E-state index is 0.0508. The van der Waals surface area contributed by atoms with Crippen molar-refractivity contribution in [3.05, 3.63) is 0 Å². The van der Waals surface area contributed by atoms with Crippen LogP contribution in [-0.2, 0) is 9.59 Å². The predicted octanol–water partition coefficient (Wildman–Crippen LogP) is 1.99. The van der Waals surface area contributed by atoms with Crippen LogP contribution in [0.5, 0.6) is 0 Å². The van der Waals surface area contributed by atoms with E-state index in [4.69, 9.17) is 5.11 Å². The summed E-state index contributed by atoms with van der Waals surface area (Å²) in [7, 11) is 0. The first-order valence-corrected chi connectivity index (χ1v) is 6.74. The number of carboxylic acids is 1. The lowest BCUT2D eigenvalue weighted by atomic mass is 10.2. The molecule has 0 aromatic heterocycles. The summed E-state index contributed by atoms with van der Waals surface area (Å²) >= 11 is 0. The average Bonchev–Trinajstić information content (AvgIpc) is 2.34. The fourth-order valence-corrected chi connectivity index (χ4v) is 1.69. The van der Waals surface area contributed by atoms with Gasteiger partial charge < -0.3 is 10.0 Å². The van der Waals surface area contributed by atoms with Gasteiger partial charge in [-0.3, -0.25) is 14.9 Å². The molecular formula is C13H24N2O4. The molecule has 6 heteroatoms. The summed E-state index contributed by atoms with van der Waals surface area (Å²) in [5, 5.41) is 10.8. The molecule has 0 aliphatic rings. The first-order chi connectivity index (χ1) is 8.92. The minimum atomic E-state index is -0.870. The van der Waals surface area contributed by atoms with Gasteiger partial charge >= 0.3 is 12.0 Å². The Kier molecular flexibility index (Phi) is 8.57. The van der Waals surface area contributed by atoms with E-state index in [-0.39, 0.29) is 30.8 Å². The highest BCUT2D eigenvalue weighted by atomic mass is 16.4. The maximum Gasteiger partial charge on any atom is 0.324 e. The topological polar surface area (TPSA) is 86.7 Å². The van der Waals surface area contributed by atoms with Crippen LogP contribution in [0.2, 0.25) is 0 Å². The molecule has 6 nitrogen and oxygen atoms in total. The van der Waals surface area contributed by atoms with Crippen molar-refractivity contribution in [3.8, 4) is 0 Å². The SMILES string of the molecule is CCC(C)N(CC)C(=O)NC(=O)CCCCC(=O)O. The zero-order chi connectivity index (χ0) is 14.8. The van der Waals surface area contributed by atoms with E-state index >= 15 is 0 Å². The van der Waals surface area contributed by atoms with E-state index in [1.165, 1.54) is 0 Å². The van der Waals surface area contributed by atoms with Crippen LogP contribution in [0, 0.1) is 0 Å². The lowest BCUT2D eigenvalue weighted by molar-refractivity contribution is -0.137. The molecule has 0 aliphatic carbocycles. The minimum Gasteiger partial charge on any atom is -0.481 e. The highest BCUT2D eigenvalue weighted by Crippen LogP contribution is 2.04. The van der Waals surface area contributed by atoms with Gasteiger partial charge in [-0.15, -0.1) is 0 Å². The van der Waals surface area contributed by atoms with Crippen molar-refractivity contribution < 1.29 is 19.5 Å². The molecule has 0 aliphatic heterocycles. The van der Waals surface area contributed by atoms with Gasteiger partial charge in [0.1, 0.15) is 0 Å². The summed E-state index contributed by atoms with van der Waals surface area (Å²) in [6.45, 7) is 6.32. The number of nitrogens with zero attached hydrogens (tertiary/aromatic N) is 1. The number of imide groups is 1. The number of rotatable bonds is 8. The smallest absolute Gasteiger partial charge is 0.324 e. The number of unbranched alkanes of at least 4 members (excludes halogenated alkanes) is 1. The van der Waals surface area contributed by atoms with Gasteiger partial charge in [0.05, 0.1) is 0 Å². The van der Waals surface area contributed by atoms with Crippen LogP contribution in [0.1, 0.15) is 52.9 Å². The van der Waals surface area contributed by atoms with Gasteiger partial charge in [0, 0.05) is 25.4 Å². The molecule has 0 saturated carbocycles. The van der Waals surface area contributed by atoms with Crippen LogP contribution in [0.3, 0.4) is 0 Å². The van der Waals surface area contributed by atoms with Crippen LogP contribution >= 0.6 is 0 Å². The standard InChI is InChI=1S/C13H24N2O4/c1-4-10(3)15(5-2)13(19)14-11(16)8-6-7-9-12(17)18/h10H,4-9H2,1-3H3,(H,17,18)(H,14,16,19). The summed E-state index contributed by atoms with van der Waals surface area (Å²) in [6, 6.07) is -0.287. The number of nitrogens with one attached hydrogen (secondary N) is 1. The Labute approximate surface area is 114 Å². The molecule has 0 bridgehead atoms. The van der Waals surface area contributed by atoms with E-state index in [2.05, 4.69) is 5.32 Å². The van der Waals surface area contributed by atoms with E-state index in [0.717, 1.165) is 6.42 Å². The molecule has 110 valence electrons. The molecule has 0 rings (SSSR count). The second kappa shape index (κ2) is 9.35. The molecule has 0 radical (unpaired) electrons. The van der Waals surface area contributed by atoms with E-state index in [9.17, 15) is 14.4 Å². The highest BCUT2D eigenvalue weighted by molar-refractivity contribution is 5.94. The predicted molar refractivity (Wildman–Crippen MR) is 71.8 cm³/mol. The molecule has 1 atom stereocenters. The Morgan fingerprint density at radius 1 is 1.16 bits per heavy atom. The number of hydrogen-bond acceptors (Lipinski definition) is 3. The fraction of sp³-hybridized carbons (Fsp3) is 0.769. The normalized spacial score (nSPS) is 11.7. The number of urea groups is 1. The van der Waals surface area contributed by atoms with Gasteiger partial charge in [0.2, 0.25) is 5.91 Å². The van der Waals surface area contributed by atoms with Crippen molar-refractivity contribution in [1.82, 2.24) is 10.2 Å². The van der Waals surface area contributed by atoms with E-state index in [1.807, 2.05) is 20.8 Å². The molecule has 2 N–H and O–H groups in total. The Morgan fingerprint density at radius 3 is 2.21 bits per heavy atom. The van der Waals surface area contributed by atoms with Gasteiger partial charge in [-0.2, -0.15) is 0 Å². The van der Waals surface area contributed by atoms with E-state index < -0.39 is 5.97 Å². The Morgan fingerprint density at radius 2 is 1.74 bits per heavy atom. The Hall–Kier alpha value is -1.59. The van der Waals surface area contributed by atoms with Crippen LogP contribution in [0.15, 0.2) is 0 Å². The molecule has 0 fully saturated rings. The highest BCUT2D eigenvalue weighted by Gasteiger charge is 2.18. The third-order valence-electron chi connectivity index (χ3n) is 3.02.